The maximum Gasteiger partial charge on any atom is 0.410 e. The van der Waals surface area contributed by atoms with Gasteiger partial charge in [0, 0.05) is 56.2 Å². The Kier molecular flexibility index (Phi) is 10.3. The van der Waals surface area contributed by atoms with Crippen molar-refractivity contribution in [2.75, 3.05) is 20.1 Å². The number of pyridine rings is 1. The summed E-state index contributed by atoms with van der Waals surface area (Å²) in [5, 5.41) is 9.90. The van der Waals surface area contributed by atoms with Crippen LogP contribution in [0.4, 0.5) is 4.79 Å². The summed E-state index contributed by atoms with van der Waals surface area (Å²) < 4.78 is 11.8. The Morgan fingerprint density at radius 1 is 1.12 bits per heavy atom. The van der Waals surface area contributed by atoms with Crippen molar-refractivity contribution in [3.63, 3.8) is 0 Å². The van der Waals surface area contributed by atoms with Crippen LogP contribution in [-0.4, -0.2) is 64.7 Å². The number of rotatable bonds is 7. The highest BCUT2D eigenvalue weighted by Crippen LogP contribution is 2.40. The first-order chi connectivity index (χ1) is 19.9. The molecule has 0 radical (unpaired) electrons. The van der Waals surface area contributed by atoms with Gasteiger partial charge in [0.15, 0.2) is 0 Å². The Bertz CT molecular complexity index is 1300. The zero-order valence-electron chi connectivity index (χ0n) is 25.0. The number of nitrogens with zero attached hydrogens (tertiary/aromatic N) is 4. The summed E-state index contributed by atoms with van der Waals surface area (Å²) in [6.45, 7) is 8.69. The lowest BCUT2D eigenvalue weighted by Gasteiger charge is -2.36. The van der Waals surface area contributed by atoms with Gasteiger partial charge in [-0.15, -0.1) is 0 Å². The molecule has 1 saturated heterocycles. The van der Waals surface area contributed by atoms with Gasteiger partial charge in [-0.05, 0) is 76.6 Å². The molecule has 0 bridgehead atoms. The highest BCUT2D eigenvalue weighted by atomic mass is 35.5. The van der Waals surface area contributed by atoms with Gasteiger partial charge in [0.05, 0.1) is 22.5 Å². The number of nitriles is 1. The van der Waals surface area contributed by atoms with E-state index in [1.807, 2.05) is 50.8 Å². The quantitative estimate of drug-likeness (QED) is 0.337. The van der Waals surface area contributed by atoms with Crippen LogP contribution in [0.2, 0.25) is 10.0 Å². The summed E-state index contributed by atoms with van der Waals surface area (Å²) in [7, 11) is 1.78. The lowest BCUT2D eigenvalue weighted by Crippen LogP contribution is -2.44. The molecule has 0 spiro atoms. The Morgan fingerprint density at radius 3 is 2.43 bits per heavy atom. The van der Waals surface area contributed by atoms with Crippen molar-refractivity contribution in [2.24, 2.45) is 11.8 Å². The molecule has 0 unspecified atom stereocenters. The minimum atomic E-state index is -0.548. The van der Waals surface area contributed by atoms with Gasteiger partial charge in [-0.3, -0.25) is 4.79 Å². The van der Waals surface area contributed by atoms with Crippen molar-refractivity contribution in [1.29, 1.82) is 5.26 Å². The molecular weight excluding hydrogens is 575 g/mol. The number of hydrogen-bond acceptors (Lipinski definition) is 6. The number of halogens is 2. The zero-order valence-corrected chi connectivity index (χ0v) is 26.5. The van der Waals surface area contributed by atoms with E-state index in [-0.39, 0.29) is 41.9 Å². The molecular formula is C32H40Cl2N4O4. The average Bonchev–Trinajstić information content (AvgIpc) is 3.40. The third kappa shape index (κ3) is 7.87. The molecule has 2 amide bonds. The Balaban J connectivity index is 1.44. The van der Waals surface area contributed by atoms with Crippen molar-refractivity contribution in [3.05, 3.63) is 57.7 Å². The normalized spacial score (nSPS) is 23.1. The second-order valence-corrected chi connectivity index (χ2v) is 13.3. The number of hydrogen-bond donors (Lipinski definition) is 0. The Labute approximate surface area is 258 Å². The van der Waals surface area contributed by atoms with Crippen LogP contribution in [0.25, 0.3) is 0 Å². The molecule has 10 heteroatoms. The van der Waals surface area contributed by atoms with Crippen LogP contribution in [0.15, 0.2) is 36.5 Å². The molecule has 42 heavy (non-hydrogen) atoms. The van der Waals surface area contributed by atoms with Gasteiger partial charge in [-0.25, -0.2) is 9.78 Å². The van der Waals surface area contributed by atoms with Gasteiger partial charge in [-0.1, -0.05) is 35.3 Å². The SMILES string of the molecule is C[C@@H](Oc1ccc(CC#N)cn1)[C@H]1CN(C(=O)C2CCC(N(C)C(=O)OC(C)(C)C)CC2)C[C@@H]1c1ccc(Cl)c(Cl)c1. The van der Waals surface area contributed by atoms with E-state index >= 15 is 0 Å². The Morgan fingerprint density at radius 2 is 1.83 bits per heavy atom. The summed E-state index contributed by atoms with van der Waals surface area (Å²) >= 11 is 12.6. The average molecular weight is 616 g/mol. The fraction of sp³-hybridized carbons (Fsp3) is 0.562. The summed E-state index contributed by atoms with van der Waals surface area (Å²) in [5.74, 6) is 0.543. The maximum atomic E-state index is 13.8. The van der Waals surface area contributed by atoms with Gasteiger partial charge in [-0.2, -0.15) is 5.26 Å². The second-order valence-electron chi connectivity index (χ2n) is 12.4. The maximum absolute atomic E-state index is 13.8. The monoisotopic (exact) mass is 614 g/mol. The predicted molar refractivity (Wildman–Crippen MR) is 163 cm³/mol. The molecule has 1 saturated carbocycles. The van der Waals surface area contributed by atoms with Gasteiger partial charge < -0.3 is 19.3 Å². The van der Waals surface area contributed by atoms with Crippen LogP contribution in [0.3, 0.4) is 0 Å². The molecule has 1 aromatic heterocycles. The van der Waals surface area contributed by atoms with Crippen molar-refractivity contribution in [3.8, 4) is 11.9 Å². The van der Waals surface area contributed by atoms with Crippen molar-refractivity contribution >= 4 is 35.2 Å². The van der Waals surface area contributed by atoms with E-state index in [0.717, 1.165) is 36.8 Å². The summed E-state index contributed by atoms with van der Waals surface area (Å²) in [4.78, 5) is 34.4. The number of likely N-dealkylation sites (tertiary alicyclic amines) is 1. The molecule has 2 aromatic rings. The molecule has 0 N–H and O–H groups in total. The van der Waals surface area contributed by atoms with E-state index in [4.69, 9.17) is 37.9 Å². The number of amides is 2. The third-order valence-electron chi connectivity index (χ3n) is 8.31. The first-order valence-electron chi connectivity index (χ1n) is 14.5. The van der Waals surface area contributed by atoms with Gasteiger partial charge >= 0.3 is 6.09 Å². The molecule has 1 aliphatic carbocycles. The number of carbonyl (C=O) groups is 2. The fourth-order valence-corrected chi connectivity index (χ4v) is 6.29. The van der Waals surface area contributed by atoms with Gasteiger partial charge in [0.25, 0.3) is 0 Å². The predicted octanol–water partition coefficient (Wildman–Crippen LogP) is 6.89. The highest BCUT2D eigenvalue weighted by molar-refractivity contribution is 6.42. The molecule has 2 fully saturated rings. The standard InChI is InChI=1S/C32H40Cl2N4O4/c1-20(41-29-13-6-21(14-15-35)17-36-29)25-18-38(19-26(25)23-9-12-27(33)28(34)16-23)30(39)22-7-10-24(11-8-22)37(5)31(40)42-32(2,3)4/h6,9,12-13,16-17,20,22,24-26H,7-8,10-11,14,18-19H2,1-5H3/t20-,22?,24?,25-,26-/m1/s1. The van der Waals surface area contributed by atoms with Crippen LogP contribution in [0, 0.1) is 23.2 Å². The Hall–Kier alpha value is -3.02. The van der Waals surface area contributed by atoms with Crippen molar-refractivity contribution in [2.45, 2.75) is 83.5 Å². The van der Waals surface area contributed by atoms with Crippen LogP contribution < -0.4 is 4.74 Å². The summed E-state index contributed by atoms with van der Waals surface area (Å²) in [5.41, 5.74) is 1.30. The lowest BCUT2D eigenvalue weighted by atomic mass is 9.84. The van der Waals surface area contributed by atoms with Crippen molar-refractivity contribution in [1.82, 2.24) is 14.8 Å². The summed E-state index contributed by atoms with van der Waals surface area (Å²) in [6, 6.07) is 11.5. The molecule has 2 aliphatic rings. The van der Waals surface area contributed by atoms with Crippen LogP contribution in [0.1, 0.15) is 70.4 Å². The first-order valence-corrected chi connectivity index (χ1v) is 15.3. The van der Waals surface area contributed by atoms with Crippen LogP contribution >= 0.6 is 23.2 Å². The molecule has 1 aromatic carbocycles. The zero-order chi connectivity index (χ0) is 30.6. The second kappa shape index (κ2) is 13.5. The van der Waals surface area contributed by atoms with E-state index in [9.17, 15) is 9.59 Å². The van der Waals surface area contributed by atoms with E-state index in [1.165, 1.54) is 0 Å². The van der Waals surface area contributed by atoms with Crippen LogP contribution in [-0.2, 0) is 16.0 Å². The summed E-state index contributed by atoms with van der Waals surface area (Å²) in [6.07, 6.45) is 4.34. The lowest BCUT2D eigenvalue weighted by molar-refractivity contribution is -0.136. The molecule has 8 nitrogen and oxygen atoms in total. The molecule has 2 heterocycles. The van der Waals surface area contributed by atoms with E-state index < -0.39 is 5.60 Å². The first kappa shape index (κ1) is 31.9. The van der Waals surface area contributed by atoms with E-state index in [0.29, 0.717) is 35.4 Å². The number of benzene rings is 1. The van der Waals surface area contributed by atoms with E-state index in [2.05, 4.69) is 11.1 Å². The minimum Gasteiger partial charge on any atom is -0.474 e. The molecule has 4 rings (SSSR count). The largest absolute Gasteiger partial charge is 0.474 e. The molecule has 1 aliphatic heterocycles. The third-order valence-corrected chi connectivity index (χ3v) is 9.05. The number of carbonyl (C=O) groups excluding carboxylic acids is 2. The topological polar surface area (TPSA) is 95.8 Å². The van der Waals surface area contributed by atoms with E-state index in [1.54, 1.807) is 30.3 Å². The molecule has 3 atom stereocenters. The molecule has 226 valence electrons. The fourth-order valence-electron chi connectivity index (χ4n) is 5.99. The van der Waals surface area contributed by atoms with Crippen molar-refractivity contribution < 1.29 is 19.1 Å². The number of ether oxygens (including phenoxy) is 2. The highest BCUT2D eigenvalue weighted by Gasteiger charge is 2.43. The van der Waals surface area contributed by atoms with Crippen LogP contribution in [0.5, 0.6) is 5.88 Å². The number of aromatic nitrogens is 1. The van der Waals surface area contributed by atoms with Gasteiger partial charge in [0.1, 0.15) is 11.7 Å². The van der Waals surface area contributed by atoms with Gasteiger partial charge in [0.2, 0.25) is 11.8 Å². The smallest absolute Gasteiger partial charge is 0.410 e. The minimum absolute atomic E-state index is 0.00131.